The third-order valence-corrected chi connectivity index (χ3v) is 3.00. The molecule has 0 fully saturated rings. The quantitative estimate of drug-likeness (QED) is 0.555. The molecule has 0 aliphatic rings. The molecule has 0 bridgehead atoms. The maximum atomic E-state index is 12.3. The number of hydrogen-bond acceptors (Lipinski definition) is 0. The van der Waals surface area contributed by atoms with Gasteiger partial charge in [0, 0.05) is 5.02 Å². The molecule has 17 heavy (non-hydrogen) atoms. The molecular formula is C15H24ClF. The van der Waals surface area contributed by atoms with Crippen molar-refractivity contribution in [2.45, 2.75) is 59.3 Å². The molecule has 0 N–H and O–H groups in total. The maximum absolute atomic E-state index is 12.3. The number of halogens is 2. The predicted molar refractivity (Wildman–Crippen MR) is 75.2 cm³/mol. The first-order valence-electron chi connectivity index (χ1n) is 6.53. The van der Waals surface area contributed by atoms with Gasteiger partial charge in [0.2, 0.25) is 0 Å². The van der Waals surface area contributed by atoms with Gasteiger partial charge in [-0.2, -0.15) is 0 Å². The van der Waals surface area contributed by atoms with E-state index in [9.17, 15) is 4.39 Å². The zero-order valence-electron chi connectivity index (χ0n) is 11.2. The van der Waals surface area contributed by atoms with Crippen molar-refractivity contribution in [1.82, 2.24) is 0 Å². The fraction of sp³-hybridized carbons (Fsp3) is 0.600. The van der Waals surface area contributed by atoms with Crippen LogP contribution in [0.1, 0.15) is 57.9 Å². The lowest BCUT2D eigenvalue weighted by Crippen LogP contribution is -1.76. The van der Waals surface area contributed by atoms with Gasteiger partial charge in [-0.25, -0.2) is 4.39 Å². The van der Waals surface area contributed by atoms with E-state index in [4.69, 9.17) is 11.6 Å². The number of aryl methyl sites for hydroxylation is 1. The summed E-state index contributed by atoms with van der Waals surface area (Å²) in [5.74, 6) is -0.286. The van der Waals surface area contributed by atoms with Crippen LogP contribution < -0.4 is 0 Å². The molecule has 98 valence electrons. The van der Waals surface area contributed by atoms with Crippen LogP contribution in [-0.4, -0.2) is 0 Å². The summed E-state index contributed by atoms with van der Waals surface area (Å²) < 4.78 is 12.3. The molecule has 1 aromatic carbocycles. The fourth-order valence-corrected chi connectivity index (χ4v) is 1.59. The normalized spacial score (nSPS) is 9.71. The first-order valence-corrected chi connectivity index (χ1v) is 6.91. The Morgan fingerprint density at radius 1 is 1.00 bits per heavy atom. The Bertz CT molecular complexity index is 291. The van der Waals surface area contributed by atoms with Crippen LogP contribution in [0.4, 0.5) is 4.39 Å². The van der Waals surface area contributed by atoms with E-state index >= 15 is 0 Å². The molecule has 1 aromatic rings. The van der Waals surface area contributed by atoms with Gasteiger partial charge in [0.25, 0.3) is 0 Å². The van der Waals surface area contributed by atoms with Crippen LogP contribution in [-0.2, 0) is 0 Å². The van der Waals surface area contributed by atoms with Gasteiger partial charge in [0.05, 0.1) is 0 Å². The highest BCUT2D eigenvalue weighted by Gasteiger charge is 1.94. The van der Waals surface area contributed by atoms with E-state index < -0.39 is 0 Å². The number of benzene rings is 1. The summed E-state index contributed by atoms with van der Waals surface area (Å²) in [6.07, 6.45) is 8.49. The molecule has 0 nitrogen and oxygen atoms in total. The largest absolute Gasteiger partial charge is 0.207 e. The van der Waals surface area contributed by atoms with Crippen molar-refractivity contribution in [2.24, 2.45) is 0 Å². The van der Waals surface area contributed by atoms with E-state index in [1.165, 1.54) is 50.7 Å². The van der Waals surface area contributed by atoms with Crippen molar-refractivity contribution in [3.8, 4) is 0 Å². The van der Waals surface area contributed by atoms with Gasteiger partial charge in [0.1, 0.15) is 5.82 Å². The molecule has 0 saturated heterocycles. The number of hydrogen-bond donors (Lipinski definition) is 0. The molecule has 0 saturated carbocycles. The minimum Gasteiger partial charge on any atom is -0.207 e. The lowest BCUT2D eigenvalue weighted by Gasteiger charge is -1.93. The third kappa shape index (κ3) is 9.17. The van der Waals surface area contributed by atoms with Gasteiger partial charge < -0.3 is 0 Å². The van der Waals surface area contributed by atoms with Crippen molar-refractivity contribution >= 4 is 11.6 Å². The lowest BCUT2D eigenvalue weighted by molar-refractivity contribution is 0.624. The van der Waals surface area contributed by atoms with E-state index in [-0.39, 0.29) is 5.82 Å². The Morgan fingerprint density at radius 2 is 1.53 bits per heavy atom. The van der Waals surface area contributed by atoms with Gasteiger partial charge in [-0.05, 0) is 24.6 Å². The van der Waals surface area contributed by atoms with Gasteiger partial charge in [-0.3, -0.25) is 0 Å². The highest BCUT2D eigenvalue weighted by atomic mass is 35.5. The molecule has 0 radical (unpaired) electrons. The number of rotatable bonds is 5. The van der Waals surface area contributed by atoms with E-state index in [1.807, 2.05) is 6.92 Å². The summed E-state index contributed by atoms with van der Waals surface area (Å²) in [6, 6.07) is 4.34. The van der Waals surface area contributed by atoms with Crippen LogP contribution in [0.2, 0.25) is 5.02 Å². The zero-order valence-corrected chi connectivity index (χ0v) is 12.0. The third-order valence-electron chi connectivity index (χ3n) is 2.59. The standard InChI is InChI=1S/C8H18.C7H6ClF/c1-3-5-7-8-6-4-2;1-5-2-3-6(9)4-7(5)8/h3-8H2,1-2H3;2-4H,1H3. The molecular weight excluding hydrogens is 235 g/mol. The summed E-state index contributed by atoms with van der Waals surface area (Å²) in [5.41, 5.74) is 0.901. The first-order chi connectivity index (χ1) is 8.11. The second-order valence-electron chi connectivity index (χ2n) is 4.31. The summed E-state index contributed by atoms with van der Waals surface area (Å²) in [5, 5.41) is 0.481. The highest BCUT2D eigenvalue weighted by Crippen LogP contribution is 2.14. The SMILES string of the molecule is CCCCCCCC.Cc1ccc(F)cc1Cl. The second kappa shape index (κ2) is 10.6. The van der Waals surface area contributed by atoms with Gasteiger partial charge in [-0.1, -0.05) is 70.0 Å². The maximum Gasteiger partial charge on any atom is 0.124 e. The molecule has 2 heteroatoms. The Hall–Kier alpha value is -0.560. The molecule has 0 heterocycles. The van der Waals surface area contributed by atoms with Crippen molar-refractivity contribution < 1.29 is 4.39 Å². The molecule has 0 amide bonds. The van der Waals surface area contributed by atoms with Crippen LogP contribution in [0, 0.1) is 12.7 Å². The summed E-state index contributed by atoms with van der Waals surface area (Å²) in [7, 11) is 0. The van der Waals surface area contributed by atoms with Gasteiger partial charge >= 0.3 is 0 Å². The molecule has 0 aliphatic heterocycles. The van der Waals surface area contributed by atoms with E-state index in [0.717, 1.165) is 5.56 Å². The first kappa shape index (κ1) is 16.4. The van der Waals surface area contributed by atoms with Gasteiger partial charge in [-0.15, -0.1) is 0 Å². The van der Waals surface area contributed by atoms with Crippen LogP contribution in [0.15, 0.2) is 18.2 Å². The lowest BCUT2D eigenvalue weighted by atomic mass is 10.1. The van der Waals surface area contributed by atoms with Crippen molar-refractivity contribution in [3.05, 3.63) is 34.6 Å². The average molecular weight is 259 g/mol. The van der Waals surface area contributed by atoms with E-state index in [2.05, 4.69) is 13.8 Å². The van der Waals surface area contributed by atoms with Gasteiger partial charge in [0.15, 0.2) is 0 Å². The Balaban J connectivity index is 0.000000304. The summed E-state index contributed by atoms with van der Waals surface area (Å²) in [4.78, 5) is 0. The molecule has 0 aromatic heterocycles. The van der Waals surface area contributed by atoms with Crippen LogP contribution in [0.5, 0.6) is 0 Å². The Kier molecular flexibility index (Phi) is 10.2. The van der Waals surface area contributed by atoms with E-state index in [0.29, 0.717) is 5.02 Å². The average Bonchev–Trinajstić information content (AvgIpc) is 2.31. The molecule has 0 unspecified atom stereocenters. The van der Waals surface area contributed by atoms with Crippen LogP contribution in [0.25, 0.3) is 0 Å². The monoisotopic (exact) mass is 258 g/mol. The van der Waals surface area contributed by atoms with Crippen molar-refractivity contribution in [1.29, 1.82) is 0 Å². The minimum absolute atomic E-state index is 0.286. The van der Waals surface area contributed by atoms with E-state index in [1.54, 1.807) is 6.07 Å². The summed E-state index contributed by atoms with van der Waals surface area (Å²) in [6.45, 7) is 6.35. The molecule has 0 atom stereocenters. The minimum atomic E-state index is -0.286. The van der Waals surface area contributed by atoms with Crippen LogP contribution >= 0.6 is 11.6 Å². The smallest absolute Gasteiger partial charge is 0.124 e. The highest BCUT2D eigenvalue weighted by molar-refractivity contribution is 6.31. The van der Waals surface area contributed by atoms with Crippen LogP contribution in [0.3, 0.4) is 0 Å². The zero-order chi connectivity index (χ0) is 13.1. The predicted octanol–water partition coefficient (Wildman–Crippen LogP) is 6.15. The Labute approximate surface area is 110 Å². The fourth-order valence-electron chi connectivity index (χ4n) is 1.42. The van der Waals surface area contributed by atoms with Crippen molar-refractivity contribution in [2.75, 3.05) is 0 Å². The number of unbranched alkanes of at least 4 members (excludes halogenated alkanes) is 5. The summed E-state index contributed by atoms with van der Waals surface area (Å²) >= 11 is 5.57. The molecule has 1 rings (SSSR count). The second-order valence-corrected chi connectivity index (χ2v) is 4.71. The van der Waals surface area contributed by atoms with Crippen molar-refractivity contribution in [3.63, 3.8) is 0 Å². The Morgan fingerprint density at radius 3 is 1.88 bits per heavy atom. The molecule has 0 spiro atoms. The molecule has 0 aliphatic carbocycles. The topological polar surface area (TPSA) is 0 Å².